The fourth-order valence-corrected chi connectivity index (χ4v) is 2.32. The van der Waals surface area contributed by atoms with Gasteiger partial charge >= 0.3 is 0 Å². The molecule has 76 valence electrons. The van der Waals surface area contributed by atoms with E-state index in [-0.39, 0.29) is 17.8 Å². The standard InChI is InChI=1S/C11H15FN2/c1-7-8(2-3-11(7)13)9-4-5-14-6-10(9)12/h4-8,11H,2-3,13H2,1H3. The highest BCUT2D eigenvalue weighted by Crippen LogP contribution is 2.39. The van der Waals surface area contributed by atoms with Gasteiger partial charge in [0.1, 0.15) is 5.82 Å². The van der Waals surface area contributed by atoms with Crippen LogP contribution in [0.15, 0.2) is 18.5 Å². The van der Waals surface area contributed by atoms with Crippen LogP contribution in [-0.4, -0.2) is 11.0 Å². The quantitative estimate of drug-likeness (QED) is 0.743. The molecule has 1 aromatic heterocycles. The Hall–Kier alpha value is -0.960. The maximum absolute atomic E-state index is 13.4. The third kappa shape index (κ3) is 1.52. The summed E-state index contributed by atoms with van der Waals surface area (Å²) in [6.07, 6.45) is 4.91. The molecule has 1 aliphatic rings. The summed E-state index contributed by atoms with van der Waals surface area (Å²) >= 11 is 0. The van der Waals surface area contributed by atoms with Crippen molar-refractivity contribution in [2.24, 2.45) is 11.7 Å². The van der Waals surface area contributed by atoms with Crippen LogP contribution in [0.25, 0.3) is 0 Å². The van der Waals surface area contributed by atoms with Gasteiger partial charge in [-0.15, -0.1) is 0 Å². The topological polar surface area (TPSA) is 38.9 Å². The number of halogens is 1. The second-order valence-corrected chi connectivity index (χ2v) is 4.10. The first-order valence-corrected chi connectivity index (χ1v) is 5.05. The second kappa shape index (κ2) is 3.65. The molecule has 1 fully saturated rings. The van der Waals surface area contributed by atoms with Crippen molar-refractivity contribution in [2.45, 2.75) is 31.7 Å². The van der Waals surface area contributed by atoms with Gasteiger partial charge in [-0.3, -0.25) is 4.98 Å². The van der Waals surface area contributed by atoms with Crippen molar-refractivity contribution in [2.75, 3.05) is 0 Å². The maximum atomic E-state index is 13.4. The van der Waals surface area contributed by atoms with Gasteiger partial charge in [0, 0.05) is 12.2 Å². The van der Waals surface area contributed by atoms with Crippen molar-refractivity contribution in [3.8, 4) is 0 Å². The fourth-order valence-electron chi connectivity index (χ4n) is 2.32. The lowest BCUT2D eigenvalue weighted by Crippen LogP contribution is -2.24. The van der Waals surface area contributed by atoms with Gasteiger partial charge in [0.25, 0.3) is 0 Å². The van der Waals surface area contributed by atoms with E-state index in [1.807, 2.05) is 0 Å². The van der Waals surface area contributed by atoms with Crippen molar-refractivity contribution >= 4 is 0 Å². The highest BCUT2D eigenvalue weighted by molar-refractivity contribution is 5.21. The van der Waals surface area contributed by atoms with E-state index in [1.165, 1.54) is 6.20 Å². The molecule has 0 radical (unpaired) electrons. The number of hydrogen-bond donors (Lipinski definition) is 1. The Kier molecular flexibility index (Phi) is 2.50. The first-order chi connectivity index (χ1) is 6.70. The average Bonchev–Trinajstić information content (AvgIpc) is 2.49. The van der Waals surface area contributed by atoms with E-state index in [0.717, 1.165) is 18.4 Å². The van der Waals surface area contributed by atoms with Crippen molar-refractivity contribution in [3.05, 3.63) is 29.8 Å². The number of nitrogens with zero attached hydrogens (tertiary/aromatic N) is 1. The highest BCUT2D eigenvalue weighted by atomic mass is 19.1. The van der Waals surface area contributed by atoms with E-state index >= 15 is 0 Å². The summed E-state index contributed by atoms with van der Waals surface area (Å²) < 4.78 is 13.4. The predicted octanol–water partition coefficient (Wildman–Crippen LogP) is 2.06. The Morgan fingerprint density at radius 2 is 2.29 bits per heavy atom. The van der Waals surface area contributed by atoms with Crippen LogP contribution < -0.4 is 5.73 Å². The number of nitrogens with two attached hydrogens (primary N) is 1. The lowest BCUT2D eigenvalue weighted by molar-refractivity contribution is 0.462. The summed E-state index contributed by atoms with van der Waals surface area (Å²) in [4.78, 5) is 3.75. The maximum Gasteiger partial charge on any atom is 0.144 e. The zero-order valence-corrected chi connectivity index (χ0v) is 8.28. The summed E-state index contributed by atoms with van der Waals surface area (Å²) in [7, 11) is 0. The lowest BCUT2D eigenvalue weighted by atomic mass is 9.89. The monoisotopic (exact) mass is 194 g/mol. The largest absolute Gasteiger partial charge is 0.327 e. The molecule has 0 amide bonds. The van der Waals surface area contributed by atoms with Crippen LogP contribution in [-0.2, 0) is 0 Å². The summed E-state index contributed by atoms with van der Waals surface area (Å²) in [6.45, 7) is 2.10. The van der Waals surface area contributed by atoms with Crippen LogP contribution in [0.4, 0.5) is 4.39 Å². The molecular weight excluding hydrogens is 179 g/mol. The molecule has 3 atom stereocenters. The van der Waals surface area contributed by atoms with Gasteiger partial charge in [-0.25, -0.2) is 4.39 Å². The average molecular weight is 194 g/mol. The second-order valence-electron chi connectivity index (χ2n) is 4.10. The summed E-state index contributed by atoms with van der Waals surface area (Å²) in [6, 6.07) is 1.99. The van der Waals surface area contributed by atoms with Crippen molar-refractivity contribution in [3.63, 3.8) is 0 Å². The molecule has 3 heteroatoms. The SMILES string of the molecule is CC1C(N)CCC1c1ccncc1F. The molecule has 0 aromatic carbocycles. The van der Waals surface area contributed by atoms with Crippen LogP contribution >= 0.6 is 0 Å². The van der Waals surface area contributed by atoms with E-state index in [2.05, 4.69) is 11.9 Å². The summed E-state index contributed by atoms with van der Waals surface area (Å²) in [5.41, 5.74) is 6.70. The molecule has 1 saturated carbocycles. The van der Waals surface area contributed by atoms with E-state index in [9.17, 15) is 4.39 Å². The molecule has 2 nitrogen and oxygen atoms in total. The third-order valence-electron chi connectivity index (χ3n) is 3.32. The molecule has 1 aliphatic carbocycles. The van der Waals surface area contributed by atoms with E-state index < -0.39 is 0 Å². The van der Waals surface area contributed by atoms with Gasteiger partial charge in [0.15, 0.2) is 0 Å². The zero-order valence-electron chi connectivity index (χ0n) is 8.28. The molecule has 0 spiro atoms. The molecule has 3 unspecified atom stereocenters. The molecule has 0 aliphatic heterocycles. The molecule has 1 heterocycles. The van der Waals surface area contributed by atoms with Crippen molar-refractivity contribution in [1.29, 1.82) is 0 Å². The minimum atomic E-state index is -0.196. The number of hydrogen-bond acceptors (Lipinski definition) is 2. The van der Waals surface area contributed by atoms with Gasteiger partial charge in [0.05, 0.1) is 6.20 Å². The van der Waals surface area contributed by atoms with Crippen molar-refractivity contribution in [1.82, 2.24) is 4.98 Å². The Bertz CT molecular complexity index is 327. The van der Waals surface area contributed by atoms with Crippen LogP contribution in [0.1, 0.15) is 31.2 Å². The minimum Gasteiger partial charge on any atom is -0.327 e. The zero-order chi connectivity index (χ0) is 10.1. The van der Waals surface area contributed by atoms with Crippen LogP contribution in [0.5, 0.6) is 0 Å². The van der Waals surface area contributed by atoms with Gasteiger partial charge in [-0.05, 0) is 36.3 Å². The number of rotatable bonds is 1. The fraction of sp³-hybridized carbons (Fsp3) is 0.545. The molecule has 0 bridgehead atoms. The highest BCUT2D eigenvalue weighted by Gasteiger charge is 2.32. The number of aromatic nitrogens is 1. The van der Waals surface area contributed by atoms with E-state index in [1.54, 1.807) is 12.3 Å². The predicted molar refractivity (Wildman–Crippen MR) is 53.3 cm³/mol. The molecule has 2 N–H and O–H groups in total. The normalized spacial score (nSPS) is 32.1. The molecule has 1 aromatic rings. The first-order valence-electron chi connectivity index (χ1n) is 5.05. The Morgan fingerprint density at radius 3 is 2.86 bits per heavy atom. The van der Waals surface area contributed by atoms with Gasteiger partial charge in [-0.2, -0.15) is 0 Å². The molecule has 14 heavy (non-hydrogen) atoms. The molecular formula is C11H15FN2. The van der Waals surface area contributed by atoms with E-state index in [4.69, 9.17) is 5.73 Å². The van der Waals surface area contributed by atoms with Crippen molar-refractivity contribution < 1.29 is 4.39 Å². The smallest absolute Gasteiger partial charge is 0.144 e. The van der Waals surface area contributed by atoms with Gasteiger partial charge in [0.2, 0.25) is 0 Å². The third-order valence-corrected chi connectivity index (χ3v) is 3.32. The lowest BCUT2D eigenvalue weighted by Gasteiger charge is -2.18. The molecule has 2 rings (SSSR count). The molecule has 0 saturated heterocycles. The summed E-state index contributed by atoms with van der Waals surface area (Å²) in [5.74, 6) is 0.443. The van der Waals surface area contributed by atoms with Gasteiger partial charge < -0.3 is 5.73 Å². The minimum absolute atomic E-state index is 0.196. The van der Waals surface area contributed by atoms with Crippen LogP contribution in [0.3, 0.4) is 0 Å². The first kappa shape index (κ1) is 9.59. The Labute approximate surface area is 83.3 Å². The Balaban J connectivity index is 2.28. The Morgan fingerprint density at radius 1 is 1.50 bits per heavy atom. The van der Waals surface area contributed by atoms with Gasteiger partial charge in [-0.1, -0.05) is 6.92 Å². The number of pyridine rings is 1. The van der Waals surface area contributed by atoms with E-state index in [0.29, 0.717) is 5.92 Å². The van der Waals surface area contributed by atoms with Crippen LogP contribution in [0.2, 0.25) is 0 Å². The van der Waals surface area contributed by atoms with Crippen LogP contribution in [0, 0.1) is 11.7 Å². The summed E-state index contributed by atoms with van der Waals surface area (Å²) in [5, 5.41) is 0.